The molecular weight excluding hydrogens is 276 g/mol. The number of alkyl halides is 2. The van der Waals surface area contributed by atoms with E-state index >= 15 is 0 Å². The van der Waals surface area contributed by atoms with Gasteiger partial charge in [-0.2, -0.15) is 5.10 Å². The maximum atomic E-state index is 12.5. The molecule has 0 bridgehead atoms. The summed E-state index contributed by atoms with van der Waals surface area (Å²) in [6.07, 6.45) is -2.68. The molecule has 1 N–H and O–H groups in total. The third-order valence-electron chi connectivity index (χ3n) is 2.45. The van der Waals surface area contributed by atoms with Crippen molar-refractivity contribution in [2.75, 3.05) is 5.32 Å². The highest BCUT2D eigenvalue weighted by atomic mass is 35.5. The van der Waals surface area contributed by atoms with E-state index in [-0.39, 0.29) is 11.5 Å². The standard InChI is InChI=1S/C12H10ClF2N3O/c1-18-10(6-9(17-18)11(14)15)16-12(19)7-3-2-4-8(13)5-7/h2-6,11H,1H3,(H,16,19). The molecule has 2 rings (SSSR count). The Morgan fingerprint density at radius 2 is 2.16 bits per heavy atom. The van der Waals surface area contributed by atoms with Gasteiger partial charge in [-0.15, -0.1) is 0 Å². The van der Waals surface area contributed by atoms with Gasteiger partial charge in [-0.05, 0) is 18.2 Å². The zero-order chi connectivity index (χ0) is 14.0. The number of nitrogens with zero attached hydrogens (tertiary/aromatic N) is 2. The quantitative estimate of drug-likeness (QED) is 0.941. The van der Waals surface area contributed by atoms with Gasteiger partial charge in [0.15, 0.2) is 0 Å². The fourth-order valence-corrected chi connectivity index (χ4v) is 1.72. The molecule has 0 saturated carbocycles. The van der Waals surface area contributed by atoms with Crippen molar-refractivity contribution < 1.29 is 13.6 Å². The number of rotatable bonds is 3. The summed E-state index contributed by atoms with van der Waals surface area (Å²) in [6, 6.07) is 7.46. The average Bonchev–Trinajstić information content (AvgIpc) is 2.71. The molecule has 0 aliphatic heterocycles. The second kappa shape index (κ2) is 5.36. The molecule has 2 aromatic rings. The number of aromatic nitrogens is 2. The molecule has 1 aromatic heterocycles. The number of carbonyl (C=O) groups excluding carboxylic acids is 1. The minimum absolute atomic E-state index is 0.195. The minimum Gasteiger partial charge on any atom is -0.307 e. The van der Waals surface area contributed by atoms with Crippen molar-refractivity contribution in [1.82, 2.24) is 9.78 Å². The van der Waals surface area contributed by atoms with Gasteiger partial charge in [0.25, 0.3) is 12.3 Å². The predicted molar refractivity (Wildman–Crippen MR) is 67.6 cm³/mol. The average molecular weight is 286 g/mol. The van der Waals surface area contributed by atoms with Gasteiger partial charge in [0.05, 0.1) is 0 Å². The van der Waals surface area contributed by atoms with Crippen LogP contribution in [0, 0.1) is 0 Å². The van der Waals surface area contributed by atoms with Crippen LogP contribution in [0.25, 0.3) is 0 Å². The number of nitrogens with one attached hydrogen (secondary N) is 1. The Morgan fingerprint density at radius 3 is 2.74 bits per heavy atom. The van der Waals surface area contributed by atoms with E-state index in [0.717, 1.165) is 6.07 Å². The molecule has 0 fully saturated rings. The van der Waals surface area contributed by atoms with E-state index in [1.807, 2.05) is 0 Å². The van der Waals surface area contributed by atoms with Crippen LogP contribution in [0.3, 0.4) is 0 Å². The number of anilines is 1. The first-order chi connectivity index (χ1) is 8.97. The molecule has 0 unspecified atom stereocenters. The van der Waals surface area contributed by atoms with Crippen molar-refractivity contribution in [3.05, 3.63) is 46.6 Å². The van der Waals surface area contributed by atoms with E-state index in [2.05, 4.69) is 10.4 Å². The number of aryl methyl sites for hydroxylation is 1. The van der Waals surface area contributed by atoms with E-state index < -0.39 is 12.3 Å². The molecule has 1 amide bonds. The number of benzene rings is 1. The summed E-state index contributed by atoms with van der Waals surface area (Å²) in [5.74, 6) is -0.244. The number of hydrogen-bond acceptors (Lipinski definition) is 2. The van der Waals surface area contributed by atoms with E-state index in [1.54, 1.807) is 18.2 Å². The van der Waals surface area contributed by atoms with Crippen molar-refractivity contribution in [2.24, 2.45) is 7.05 Å². The highest BCUT2D eigenvalue weighted by Crippen LogP contribution is 2.21. The van der Waals surface area contributed by atoms with Crippen molar-refractivity contribution in [2.45, 2.75) is 6.43 Å². The lowest BCUT2D eigenvalue weighted by atomic mass is 10.2. The number of hydrogen-bond donors (Lipinski definition) is 1. The summed E-state index contributed by atoms with van der Waals surface area (Å²) in [5, 5.41) is 6.52. The SMILES string of the molecule is Cn1nc(C(F)F)cc1NC(=O)c1cccc(Cl)c1. The first kappa shape index (κ1) is 13.5. The van der Waals surface area contributed by atoms with Gasteiger partial charge in [-0.25, -0.2) is 8.78 Å². The Morgan fingerprint density at radius 1 is 1.42 bits per heavy atom. The van der Waals surface area contributed by atoms with Crippen molar-refractivity contribution in [3.8, 4) is 0 Å². The summed E-state index contributed by atoms with van der Waals surface area (Å²) in [7, 11) is 1.47. The van der Waals surface area contributed by atoms with Gasteiger partial charge >= 0.3 is 0 Å². The fraction of sp³-hybridized carbons (Fsp3) is 0.167. The molecule has 0 spiro atoms. The van der Waals surface area contributed by atoms with Crippen molar-refractivity contribution >= 4 is 23.3 Å². The molecular formula is C12H10ClF2N3O. The Labute approximate surface area is 113 Å². The molecule has 0 atom stereocenters. The minimum atomic E-state index is -2.68. The third-order valence-corrected chi connectivity index (χ3v) is 2.69. The van der Waals surface area contributed by atoms with Crippen LogP contribution in [0.4, 0.5) is 14.6 Å². The lowest BCUT2D eigenvalue weighted by Crippen LogP contribution is -2.14. The smallest absolute Gasteiger partial charge is 0.282 e. The Bertz CT molecular complexity index is 613. The number of halogens is 3. The predicted octanol–water partition coefficient (Wildman–Crippen LogP) is 3.26. The largest absolute Gasteiger partial charge is 0.307 e. The van der Waals surface area contributed by atoms with E-state index in [4.69, 9.17) is 11.6 Å². The number of amides is 1. The van der Waals surface area contributed by atoms with Crippen LogP contribution in [0.1, 0.15) is 22.5 Å². The van der Waals surface area contributed by atoms with Gasteiger partial charge in [0.2, 0.25) is 0 Å². The van der Waals surface area contributed by atoms with Crippen LogP contribution < -0.4 is 5.32 Å². The van der Waals surface area contributed by atoms with E-state index in [1.165, 1.54) is 17.8 Å². The van der Waals surface area contributed by atoms with Crippen molar-refractivity contribution in [1.29, 1.82) is 0 Å². The third kappa shape index (κ3) is 3.08. The van der Waals surface area contributed by atoms with Crippen molar-refractivity contribution in [3.63, 3.8) is 0 Å². The second-order valence-corrected chi connectivity index (χ2v) is 4.28. The van der Waals surface area contributed by atoms with Gasteiger partial charge in [0.1, 0.15) is 11.5 Å². The fourth-order valence-electron chi connectivity index (χ4n) is 1.53. The Kier molecular flexibility index (Phi) is 3.80. The van der Waals surface area contributed by atoms with Crippen LogP contribution in [-0.4, -0.2) is 15.7 Å². The summed E-state index contributed by atoms with van der Waals surface area (Å²) < 4.78 is 26.1. The molecule has 1 heterocycles. The highest BCUT2D eigenvalue weighted by molar-refractivity contribution is 6.31. The van der Waals surface area contributed by atoms with Crippen LogP contribution in [-0.2, 0) is 7.05 Å². The molecule has 0 aliphatic rings. The van der Waals surface area contributed by atoms with E-state index in [0.29, 0.717) is 10.6 Å². The zero-order valence-electron chi connectivity index (χ0n) is 9.90. The maximum absolute atomic E-state index is 12.5. The lowest BCUT2D eigenvalue weighted by molar-refractivity contribution is 0.102. The van der Waals surface area contributed by atoms with Crippen LogP contribution in [0.2, 0.25) is 5.02 Å². The first-order valence-corrected chi connectivity index (χ1v) is 5.74. The van der Waals surface area contributed by atoms with Crippen LogP contribution in [0.5, 0.6) is 0 Å². The normalized spacial score (nSPS) is 10.8. The number of carbonyl (C=O) groups is 1. The molecule has 0 aliphatic carbocycles. The molecule has 19 heavy (non-hydrogen) atoms. The highest BCUT2D eigenvalue weighted by Gasteiger charge is 2.16. The summed E-state index contributed by atoms with van der Waals surface area (Å²) >= 11 is 5.77. The molecule has 4 nitrogen and oxygen atoms in total. The Hall–Kier alpha value is -1.95. The Balaban J connectivity index is 2.19. The summed E-state index contributed by atoms with van der Waals surface area (Å²) in [5.41, 5.74) is -0.0452. The van der Waals surface area contributed by atoms with Gasteiger partial charge in [-0.1, -0.05) is 17.7 Å². The molecule has 7 heteroatoms. The van der Waals surface area contributed by atoms with Gasteiger partial charge in [-0.3, -0.25) is 9.48 Å². The summed E-state index contributed by atoms with van der Waals surface area (Å²) in [4.78, 5) is 11.9. The molecule has 0 saturated heterocycles. The molecule has 0 radical (unpaired) electrons. The van der Waals surface area contributed by atoms with Gasteiger partial charge in [0, 0.05) is 23.7 Å². The van der Waals surface area contributed by atoms with E-state index in [9.17, 15) is 13.6 Å². The summed E-state index contributed by atoms with van der Waals surface area (Å²) in [6.45, 7) is 0. The second-order valence-electron chi connectivity index (χ2n) is 3.84. The first-order valence-electron chi connectivity index (χ1n) is 5.36. The van der Waals surface area contributed by atoms with Crippen LogP contribution >= 0.6 is 11.6 Å². The monoisotopic (exact) mass is 285 g/mol. The topological polar surface area (TPSA) is 46.9 Å². The zero-order valence-corrected chi connectivity index (χ0v) is 10.7. The van der Waals surface area contributed by atoms with Gasteiger partial charge < -0.3 is 5.32 Å². The molecule has 1 aromatic carbocycles. The lowest BCUT2D eigenvalue weighted by Gasteiger charge is -2.05. The maximum Gasteiger partial charge on any atom is 0.282 e. The molecule has 100 valence electrons. The van der Waals surface area contributed by atoms with Crippen LogP contribution in [0.15, 0.2) is 30.3 Å².